The lowest BCUT2D eigenvalue weighted by atomic mass is 9.88. The van der Waals surface area contributed by atoms with Crippen molar-refractivity contribution in [2.24, 2.45) is 17.8 Å². The third-order valence-electron chi connectivity index (χ3n) is 7.68. The topological polar surface area (TPSA) is 82.1 Å². The van der Waals surface area contributed by atoms with E-state index in [1.165, 1.54) is 19.3 Å². The minimum absolute atomic E-state index is 0.0131. The minimum Gasteiger partial charge on any atom is -0.486 e. The summed E-state index contributed by atoms with van der Waals surface area (Å²) >= 11 is 0. The maximum atomic E-state index is 13.6. The molecule has 3 atom stereocenters. The number of carbonyl (C=O) groups excluding carboxylic acids is 2. The molecule has 0 radical (unpaired) electrons. The molecule has 0 saturated heterocycles. The Kier molecular flexibility index (Phi) is 8.14. The second kappa shape index (κ2) is 11.1. The van der Waals surface area contributed by atoms with Crippen LogP contribution in [-0.2, 0) is 4.79 Å². The third kappa shape index (κ3) is 5.92. The summed E-state index contributed by atoms with van der Waals surface area (Å²) in [5, 5.41) is 12.9. The highest BCUT2D eigenvalue weighted by molar-refractivity contribution is 6.02. The van der Waals surface area contributed by atoms with Gasteiger partial charge in [-0.05, 0) is 57.7 Å². The third-order valence-corrected chi connectivity index (χ3v) is 7.68. The second-order valence-electron chi connectivity index (χ2n) is 10.8. The maximum Gasteiger partial charge on any atom is 0.258 e. The molecule has 4 rings (SSSR count). The van der Waals surface area contributed by atoms with Crippen LogP contribution in [0.15, 0.2) is 18.2 Å². The van der Waals surface area contributed by atoms with Crippen LogP contribution in [-0.4, -0.2) is 72.2 Å². The number of amides is 2. The molecule has 2 fully saturated rings. The summed E-state index contributed by atoms with van der Waals surface area (Å²) in [5.74, 6) is 1.17. The monoisotopic (exact) mass is 471 g/mol. The summed E-state index contributed by atoms with van der Waals surface area (Å²) in [6.07, 6.45) is 7.62. The molecule has 7 nitrogen and oxygen atoms in total. The van der Waals surface area contributed by atoms with E-state index in [1.807, 2.05) is 13.0 Å². The average molecular weight is 472 g/mol. The number of anilines is 1. The highest BCUT2D eigenvalue weighted by Gasteiger charge is 2.35. The van der Waals surface area contributed by atoms with Gasteiger partial charge < -0.3 is 25.0 Å². The molecule has 1 heterocycles. The van der Waals surface area contributed by atoms with Gasteiger partial charge in [-0.3, -0.25) is 9.59 Å². The van der Waals surface area contributed by atoms with Crippen molar-refractivity contribution in [3.63, 3.8) is 0 Å². The number of ether oxygens (including phenoxy) is 1. The normalized spacial score (nSPS) is 24.7. The molecule has 0 bridgehead atoms. The fourth-order valence-corrected chi connectivity index (χ4v) is 5.28. The van der Waals surface area contributed by atoms with E-state index in [1.54, 1.807) is 17.0 Å². The molecule has 0 spiro atoms. The number of benzene rings is 1. The first-order chi connectivity index (χ1) is 16.4. The lowest BCUT2D eigenvalue weighted by Crippen LogP contribution is -2.50. The number of nitrogens with zero attached hydrogens (tertiary/aromatic N) is 2. The number of aliphatic hydroxyl groups is 1. The van der Waals surface area contributed by atoms with Gasteiger partial charge in [-0.25, -0.2) is 0 Å². The van der Waals surface area contributed by atoms with E-state index >= 15 is 0 Å². The Morgan fingerprint density at radius 1 is 1.21 bits per heavy atom. The number of hydrogen-bond donors (Lipinski definition) is 2. The molecule has 2 aliphatic carbocycles. The number of carbonyl (C=O) groups is 2. The smallest absolute Gasteiger partial charge is 0.258 e. The van der Waals surface area contributed by atoms with Gasteiger partial charge in [0.25, 0.3) is 5.91 Å². The van der Waals surface area contributed by atoms with Gasteiger partial charge in [0, 0.05) is 31.5 Å². The van der Waals surface area contributed by atoms with Crippen LogP contribution < -0.4 is 10.1 Å². The number of para-hydroxylation sites is 1. The Morgan fingerprint density at radius 2 is 1.94 bits per heavy atom. The van der Waals surface area contributed by atoms with Gasteiger partial charge in [-0.2, -0.15) is 0 Å². The number of nitrogens with one attached hydrogen (secondary N) is 1. The first kappa shape index (κ1) is 25.0. The highest BCUT2D eigenvalue weighted by Crippen LogP contribution is 2.36. The number of aliphatic hydroxyl groups excluding tert-OH is 1. The zero-order valence-corrected chi connectivity index (χ0v) is 21.0. The minimum atomic E-state index is -0.300. The molecule has 3 aliphatic rings. The predicted molar refractivity (Wildman–Crippen MR) is 133 cm³/mol. The van der Waals surface area contributed by atoms with Crippen LogP contribution in [0.1, 0.15) is 69.2 Å². The fraction of sp³-hybridized carbons (Fsp3) is 0.704. The van der Waals surface area contributed by atoms with Crippen LogP contribution in [0.5, 0.6) is 5.75 Å². The van der Waals surface area contributed by atoms with E-state index in [9.17, 15) is 14.7 Å². The molecule has 2 amide bonds. The summed E-state index contributed by atoms with van der Waals surface area (Å²) in [6, 6.07) is 5.11. The Balaban J connectivity index is 1.64. The molecule has 1 aliphatic heterocycles. The Hall–Kier alpha value is -2.12. The largest absolute Gasteiger partial charge is 0.486 e. The van der Waals surface area contributed by atoms with Crippen LogP contribution in [0.25, 0.3) is 0 Å². The van der Waals surface area contributed by atoms with Gasteiger partial charge in [0.15, 0.2) is 5.75 Å². The van der Waals surface area contributed by atoms with Crippen LogP contribution in [0.4, 0.5) is 5.69 Å². The van der Waals surface area contributed by atoms with E-state index in [-0.39, 0.29) is 42.4 Å². The van der Waals surface area contributed by atoms with Crippen molar-refractivity contribution in [2.75, 3.05) is 38.6 Å². The summed E-state index contributed by atoms with van der Waals surface area (Å²) in [6.45, 7) is 6.19. The van der Waals surface area contributed by atoms with E-state index in [0.717, 1.165) is 44.7 Å². The molecule has 7 heteroatoms. The van der Waals surface area contributed by atoms with Crippen molar-refractivity contribution in [1.29, 1.82) is 0 Å². The first-order valence-electron chi connectivity index (χ1n) is 13.1. The maximum absolute atomic E-state index is 13.6. The van der Waals surface area contributed by atoms with Crippen molar-refractivity contribution in [2.45, 2.75) is 70.9 Å². The number of likely N-dealkylation sites (N-methyl/N-ethyl adjacent to an activating group) is 1. The quantitative estimate of drug-likeness (QED) is 0.603. The van der Waals surface area contributed by atoms with Crippen LogP contribution >= 0.6 is 0 Å². The van der Waals surface area contributed by atoms with Gasteiger partial charge in [0.1, 0.15) is 6.10 Å². The SMILES string of the molecule is C[C@H](CO)N1C[C@H](C)[C@H](CN(C)CC2CC2)Oc2c(NC(=O)C3CCCCC3)cccc2C1=O. The summed E-state index contributed by atoms with van der Waals surface area (Å²) in [7, 11) is 2.13. The molecule has 0 aromatic heterocycles. The molecule has 1 aromatic carbocycles. The van der Waals surface area contributed by atoms with E-state index in [2.05, 4.69) is 24.2 Å². The lowest BCUT2D eigenvalue weighted by Gasteiger charge is -2.38. The van der Waals surface area contributed by atoms with Crippen LogP contribution in [0.3, 0.4) is 0 Å². The van der Waals surface area contributed by atoms with Crippen molar-refractivity contribution in [3.05, 3.63) is 23.8 Å². The second-order valence-corrected chi connectivity index (χ2v) is 10.8. The molecule has 34 heavy (non-hydrogen) atoms. The Labute approximate surface area is 203 Å². The predicted octanol–water partition coefficient (Wildman–Crippen LogP) is 3.77. The number of fused-ring (bicyclic) bond motifs is 1. The van der Waals surface area contributed by atoms with E-state index in [4.69, 9.17) is 4.74 Å². The average Bonchev–Trinajstić information content (AvgIpc) is 3.65. The molecular weight excluding hydrogens is 430 g/mol. The highest BCUT2D eigenvalue weighted by atomic mass is 16.5. The fourth-order valence-electron chi connectivity index (χ4n) is 5.28. The van der Waals surface area contributed by atoms with E-state index in [0.29, 0.717) is 23.5 Å². The van der Waals surface area contributed by atoms with Gasteiger partial charge in [0.2, 0.25) is 5.91 Å². The molecule has 2 saturated carbocycles. The van der Waals surface area contributed by atoms with Crippen molar-refractivity contribution >= 4 is 17.5 Å². The number of rotatable bonds is 8. The summed E-state index contributed by atoms with van der Waals surface area (Å²) in [4.78, 5) is 30.7. The van der Waals surface area contributed by atoms with Gasteiger partial charge in [0.05, 0.1) is 23.9 Å². The van der Waals surface area contributed by atoms with Gasteiger partial charge >= 0.3 is 0 Å². The molecule has 2 N–H and O–H groups in total. The first-order valence-corrected chi connectivity index (χ1v) is 13.1. The van der Waals surface area contributed by atoms with Gasteiger partial charge in [-0.15, -0.1) is 0 Å². The van der Waals surface area contributed by atoms with Crippen LogP contribution in [0.2, 0.25) is 0 Å². The van der Waals surface area contributed by atoms with Gasteiger partial charge in [-0.1, -0.05) is 32.3 Å². The van der Waals surface area contributed by atoms with Crippen molar-refractivity contribution in [1.82, 2.24) is 9.80 Å². The zero-order chi connectivity index (χ0) is 24.2. The summed E-state index contributed by atoms with van der Waals surface area (Å²) in [5.41, 5.74) is 1.02. The number of hydrogen-bond acceptors (Lipinski definition) is 5. The standard InChI is InChI=1S/C27H41N3O4/c1-18-14-30(19(2)17-31)27(33)22-10-7-11-23(28-26(32)21-8-5-4-6-9-21)25(22)34-24(18)16-29(3)15-20-12-13-20/h7,10-11,18-21,24,31H,4-6,8-9,12-17H2,1-3H3,(H,28,32)/t18-,19+,24-/m0/s1. The molecule has 1 aromatic rings. The van der Waals surface area contributed by atoms with E-state index < -0.39 is 0 Å². The van der Waals surface area contributed by atoms with Crippen LogP contribution in [0, 0.1) is 17.8 Å². The molecule has 0 unspecified atom stereocenters. The zero-order valence-electron chi connectivity index (χ0n) is 21.0. The Morgan fingerprint density at radius 3 is 2.62 bits per heavy atom. The van der Waals surface area contributed by atoms with Crippen molar-refractivity contribution in [3.8, 4) is 5.75 Å². The summed E-state index contributed by atoms with van der Waals surface area (Å²) < 4.78 is 6.61. The molecular formula is C27H41N3O4. The van der Waals surface area contributed by atoms with Crippen molar-refractivity contribution < 1.29 is 19.4 Å². The molecule has 188 valence electrons. The Bertz CT molecular complexity index is 865. The lowest BCUT2D eigenvalue weighted by molar-refractivity contribution is -0.120.